The fraction of sp³-hybridized carbons (Fsp3) is 0.235. The Morgan fingerprint density at radius 1 is 1.33 bits per heavy atom. The average Bonchev–Trinajstić information content (AvgIpc) is 2.98. The number of amides is 2. The number of hydrogen-bond acceptors (Lipinski definition) is 3. The van der Waals surface area contributed by atoms with Crippen molar-refractivity contribution in [2.45, 2.75) is 13.0 Å². The molecular formula is C17H15ClFN3O2. The van der Waals surface area contributed by atoms with Crippen molar-refractivity contribution in [2.24, 2.45) is 5.92 Å². The first kappa shape index (κ1) is 16.4. The van der Waals surface area contributed by atoms with Crippen LogP contribution in [0.4, 0.5) is 10.1 Å². The molecule has 1 aromatic carbocycles. The van der Waals surface area contributed by atoms with Crippen LogP contribution in [-0.4, -0.2) is 23.3 Å². The standard InChI is InChI=1S/C17H15ClFN3O2/c18-14-8-13(1-2-15(14)19)22-10-12(7-16(22)23)17(24)21-9-11-3-5-20-6-4-11/h1-6,8,12H,7,9-10H2,(H,21,24)/t12-/m1/s1. The Bertz CT molecular complexity index is 770. The van der Waals surface area contributed by atoms with Crippen LogP contribution in [0.25, 0.3) is 0 Å². The fourth-order valence-corrected chi connectivity index (χ4v) is 2.79. The van der Waals surface area contributed by atoms with E-state index in [4.69, 9.17) is 11.6 Å². The molecule has 7 heteroatoms. The van der Waals surface area contributed by atoms with Gasteiger partial charge < -0.3 is 10.2 Å². The van der Waals surface area contributed by atoms with Crippen LogP contribution >= 0.6 is 11.6 Å². The van der Waals surface area contributed by atoms with Crippen LogP contribution in [0.1, 0.15) is 12.0 Å². The second-order valence-electron chi connectivity index (χ2n) is 5.58. The lowest BCUT2D eigenvalue weighted by molar-refractivity contribution is -0.126. The normalized spacial score (nSPS) is 17.2. The van der Waals surface area contributed by atoms with E-state index in [0.29, 0.717) is 12.2 Å². The lowest BCUT2D eigenvalue weighted by Gasteiger charge is -2.17. The summed E-state index contributed by atoms with van der Waals surface area (Å²) in [4.78, 5) is 29.8. The molecule has 0 unspecified atom stereocenters. The van der Waals surface area contributed by atoms with Gasteiger partial charge in [-0.3, -0.25) is 14.6 Å². The van der Waals surface area contributed by atoms with Gasteiger partial charge in [-0.15, -0.1) is 0 Å². The molecule has 1 aliphatic heterocycles. The molecule has 5 nitrogen and oxygen atoms in total. The first-order valence-corrected chi connectivity index (χ1v) is 7.84. The number of aromatic nitrogens is 1. The molecule has 0 saturated carbocycles. The minimum Gasteiger partial charge on any atom is -0.352 e. The summed E-state index contributed by atoms with van der Waals surface area (Å²) in [6, 6.07) is 7.71. The Morgan fingerprint density at radius 2 is 2.08 bits per heavy atom. The van der Waals surface area contributed by atoms with Crippen molar-refractivity contribution >= 4 is 29.1 Å². The number of nitrogens with one attached hydrogen (secondary N) is 1. The molecular weight excluding hydrogens is 333 g/mol. The van der Waals surface area contributed by atoms with E-state index >= 15 is 0 Å². The number of nitrogens with zero attached hydrogens (tertiary/aromatic N) is 2. The van der Waals surface area contributed by atoms with E-state index in [1.54, 1.807) is 12.4 Å². The Hall–Kier alpha value is -2.47. The second-order valence-corrected chi connectivity index (χ2v) is 5.98. The maximum atomic E-state index is 13.2. The van der Waals surface area contributed by atoms with Gasteiger partial charge in [0.1, 0.15) is 5.82 Å². The van der Waals surface area contributed by atoms with Gasteiger partial charge >= 0.3 is 0 Å². The predicted molar refractivity (Wildman–Crippen MR) is 88.0 cm³/mol. The van der Waals surface area contributed by atoms with E-state index in [1.807, 2.05) is 12.1 Å². The van der Waals surface area contributed by atoms with Gasteiger partial charge in [-0.05, 0) is 35.9 Å². The zero-order valence-corrected chi connectivity index (χ0v) is 13.5. The van der Waals surface area contributed by atoms with E-state index in [2.05, 4.69) is 10.3 Å². The third-order valence-electron chi connectivity index (χ3n) is 3.93. The highest BCUT2D eigenvalue weighted by Crippen LogP contribution is 2.28. The number of carbonyl (C=O) groups is 2. The van der Waals surface area contributed by atoms with Gasteiger partial charge in [-0.25, -0.2) is 4.39 Å². The number of benzene rings is 1. The van der Waals surface area contributed by atoms with E-state index < -0.39 is 11.7 Å². The maximum absolute atomic E-state index is 13.2. The molecule has 1 fully saturated rings. The molecule has 1 atom stereocenters. The minimum absolute atomic E-state index is 0.0501. The molecule has 0 aliphatic carbocycles. The largest absolute Gasteiger partial charge is 0.352 e. The number of hydrogen-bond donors (Lipinski definition) is 1. The Morgan fingerprint density at radius 3 is 2.79 bits per heavy atom. The smallest absolute Gasteiger partial charge is 0.227 e. The second kappa shape index (κ2) is 6.97. The Balaban J connectivity index is 1.63. The van der Waals surface area contributed by atoms with Crippen LogP contribution in [0.5, 0.6) is 0 Å². The predicted octanol–water partition coefficient (Wildman–Crippen LogP) is 2.54. The highest BCUT2D eigenvalue weighted by atomic mass is 35.5. The minimum atomic E-state index is -0.543. The van der Waals surface area contributed by atoms with Crippen LogP contribution in [0.2, 0.25) is 5.02 Å². The summed E-state index contributed by atoms with van der Waals surface area (Å²) in [5.41, 5.74) is 1.43. The van der Waals surface area contributed by atoms with E-state index in [1.165, 1.54) is 23.1 Å². The molecule has 0 bridgehead atoms. The zero-order chi connectivity index (χ0) is 17.1. The summed E-state index contributed by atoms with van der Waals surface area (Å²) >= 11 is 5.76. The number of pyridine rings is 1. The molecule has 2 aromatic rings. The van der Waals surface area contributed by atoms with Crippen LogP contribution in [0.15, 0.2) is 42.7 Å². The number of anilines is 1. The lowest BCUT2D eigenvalue weighted by Crippen LogP contribution is -2.32. The summed E-state index contributed by atoms with van der Waals surface area (Å²) in [6.07, 6.45) is 3.43. The summed E-state index contributed by atoms with van der Waals surface area (Å²) in [6.45, 7) is 0.636. The topological polar surface area (TPSA) is 62.3 Å². The molecule has 3 rings (SSSR count). The molecule has 1 saturated heterocycles. The van der Waals surface area contributed by atoms with Gasteiger partial charge in [-0.1, -0.05) is 11.6 Å². The molecule has 0 radical (unpaired) electrons. The highest BCUT2D eigenvalue weighted by Gasteiger charge is 2.35. The van der Waals surface area contributed by atoms with Crippen molar-refractivity contribution in [3.05, 3.63) is 59.1 Å². The maximum Gasteiger partial charge on any atom is 0.227 e. The quantitative estimate of drug-likeness (QED) is 0.924. The van der Waals surface area contributed by atoms with E-state index in [-0.39, 0.29) is 29.8 Å². The average molecular weight is 348 g/mol. The van der Waals surface area contributed by atoms with Gasteiger partial charge in [0.2, 0.25) is 11.8 Å². The molecule has 2 amide bonds. The molecule has 1 aromatic heterocycles. The summed E-state index contributed by atoms with van der Waals surface area (Å²) in [7, 11) is 0. The number of halogens is 2. The first-order chi connectivity index (χ1) is 11.5. The molecule has 1 aliphatic rings. The molecule has 124 valence electrons. The molecule has 2 heterocycles. The van der Waals surface area contributed by atoms with Crippen molar-refractivity contribution in [3.8, 4) is 0 Å². The Kier molecular flexibility index (Phi) is 4.76. The SMILES string of the molecule is O=C(NCc1ccncc1)[C@@H]1CC(=O)N(c2ccc(F)c(Cl)c2)C1. The molecule has 1 N–H and O–H groups in total. The first-order valence-electron chi connectivity index (χ1n) is 7.46. The number of rotatable bonds is 4. The Labute approximate surface area is 143 Å². The highest BCUT2D eigenvalue weighted by molar-refractivity contribution is 6.31. The summed E-state index contributed by atoms with van der Waals surface area (Å²) < 4.78 is 13.2. The monoisotopic (exact) mass is 347 g/mol. The third-order valence-corrected chi connectivity index (χ3v) is 4.22. The molecule has 0 spiro atoms. The van der Waals surface area contributed by atoms with Crippen molar-refractivity contribution in [1.82, 2.24) is 10.3 Å². The fourth-order valence-electron chi connectivity index (χ4n) is 2.62. The molecule has 24 heavy (non-hydrogen) atoms. The van der Waals surface area contributed by atoms with Crippen molar-refractivity contribution in [2.75, 3.05) is 11.4 Å². The summed E-state index contributed by atoms with van der Waals surface area (Å²) in [5, 5.41) is 2.77. The van der Waals surface area contributed by atoms with E-state index in [9.17, 15) is 14.0 Å². The van der Waals surface area contributed by atoms with Crippen LogP contribution in [-0.2, 0) is 16.1 Å². The van der Waals surface area contributed by atoms with Gasteiger partial charge in [0.25, 0.3) is 0 Å². The third kappa shape index (κ3) is 3.54. The van der Waals surface area contributed by atoms with Gasteiger partial charge in [0, 0.05) is 37.6 Å². The van der Waals surface area contributed by atoms with Gasteiger partial charge in [0.15, 0.2) is 0 Å². The van der Waals surface area contributed by atoms with Crippen molar-refractivity contribution in [3.63, 3.8) is 0 Å². The van der Waals surface area contributed by atoms with Crippen LogP contribution in [0, 0.1) is 11.7 Å². The zero-order valence-electron chi connectivity index (χ0n) is 12.7. The van der Waals surface area contributed by atoms with Crippen molar-refractivity contribution in [1.29, 1.82) is 0 Å². The van der Waals surface area contributed by atoms with Crippen LogP contribution < -0.4 is 10.2 Å². The lowest BCUT2D eigenvalue weighted by atomic mass is 10.1. The van der Waals surface area contributed by atoms with Gasteiger partial charge in [-0.2, -0.15) is 0 Å². The number of carbonyl (C=O) groups excluding carboxylic acids is 2. The van der Waals surface area contributed by atoms with Gasteiger partial charge in [0.05, 0.1) is 10.9 Å². The summed E-state index contributed by atoms with van der Waals surface area (Å²) in [5.74, 6) is -1.35. The van der Waals surface area contributed by atoms with Crippen LogP contribution in [0.3, 0.4) is 0 Å². The van der Waals surface area contributed by atoms with Crippen molar-refractivity contribution < 1.29 is 14.0 Å². The van der Waals surface area contributed by atoms with E-state index in [0.717, 1.165) is 5.56 Å².